The first-order chi connectivity index (χ1) is 13.0. The topological polar surface area (TPSA) is 52.0 Å². The number of halogens is 2. The van der Waals surface area contributed by atoms with Gasteiger partial charge in [0.25, 0.3) is 5.56 Å². The predicted octanol–water partition coefficient (Wildman–Crippen LogP) is 4.45. The number of rotatable bonds is 7. The van der Waals surface area contributed by atoms with Crippen LogP contribution in [0.1, 0.15) is 30.1 Å². The van der Waals surface area contributed by atoms with Crippen LogP contribution in [0.5, 0.6) is 0 Å². The number of unbranched alkanes of at least 4 members (excludes halogenated alkanes) is 1. The number of thioether (sulfide) groups is 1. The Kier molecular flexibility index (Phi) is 6.01. The van der Waals surface area contributed by atoms with Crippen LogP contribution in [0, 0.1) is 11.6 Å². The second-order valence-electron chi connectivity index (χ2n) is 6.06. The van der Waals surface area contributed by atoms with E-state index >= 15 is 0 Å². The van der Waals surface area contributed by atoms with Crippen molar-refractivity contribution in [3.8, 4) is 0 Å². The first-order valence-corrected chi connectivity index (χ1v) is 9.60. The molecule has 2 aromatic carbocycles. The van der Waals surface area contributed by atoms with E-state index in [4.69, 9.17) is 0 Å². The molecule has 0 saturated heterocycles. The predicted molar refractivity (Wildman–Crippen MR) is 102 cm³/mol. The van der Waals surface area contributed by atoms with E-state index in [1.165, 1.54) is 6.07 Å². The van der Waals surface area contributed by atoms with Crippen LogP contribution < -0.4 is 5.56 Å². The van der Waals surface area contributed by atoms with Crippen LogP contribution in [0.2, 0.25) is 0 Å². The van der Waals surface area contributed by atoms with Crippen LogP contribution >= 0.6 is 11.8 Å². The second-order valence-corrected chi connectivity index (χ2v) is 7.01. The summed E-state index contributed by atoms with van der Waals surface area (Å²) in [5.74, 6) is -2.44. The average molecular weight is 388 g/mol. The minimum atomic E-state index is -1.06. The van der Waals surface area contributed by atoms with Crippen LogP contribution in [0.4, 0.5) is 8.78 Å². The number of carbonyl (C=O) groups is 1. The number of benzene rings is 2. The minimum Gasteiger partial charge on any atom is -0.293 e. The number of ketones is 1. The molecule has 0 saturated carbocycles. The molecule has 0 unspecified atom stereocenters. The summed E-state index contributed by atoms with van der Waals surface area (Å²) in [5.41, 5.74) is 0.513. The lowest BCUT2D eigenvalue weighted by atomic mass is 10.1. The van der Waals surface area contributed by atoms with Crippen molar-refractivity contribution in [1.82, 2.24) is 9.55 Å². The Bertz CT molecular complexity index is 1050. The number of aromatic nitrogens is 2. The van der Waals surface area contributed by atoms with Gasteiger partial charge in [-0.15, -0.1) is 0 Å². The highest BCUT2D eigenvalue weighted by atomic mass is 32.2. The van der Waals surface area contributed by atoms with Gasteiger partial charge in [-0.25, -0.2) is 13.8 Å². The van der Waals surface area contributed by atoms with E-state index in [1.807, 2.05) is 6.92 Å². The maximum atomic E-state index is 13.3. The lowest BCUT2D eigenvalue weighted by Crippen LogP contribution is -2.24. The van der Waals surface area contributed by atoms with Crippen LogP contribution in [0.25, 0.3) is 10.9 Å². The summed E-state index contributed by atoms with van der Waals surface area (Å²) in [6, 6.07) is 10.1. The molecule has 4 nitrogen and oxygen atoms in total. The number of Topliss-reactive ketones (excluding diaryl/α,β-unsaturated/α-hetero) is 1. The van der Waals surface area contributed by atoms with Gasteiger partial charge in [0.2, 0.25) is 0 Å². The third kappa shape index (κ3) is 4.24. The molecule has 1 aromatic heterocycles. The summed E-state index contributed by atoms with van der Waals surface area (Å²) in [5, 5.41) is 0.980. The average Bonchev–Trinajstić information content (AvgIpc) is 2.67. The van der Waals surface area contributed by atoms with Crippen molar-refractivity contribution in [2.75, 3.05) is 5.75 Å². The molecule has 0 spiro atoms. The number of para-hydroxylation sites is 1. The van der Waals surface area contributed by atoms with Gasteiger partial charge in [0.15, 0.2) is 22.6 Å². The molecular weight excluding hydrogens is 370 g/mol. The van der Waals surface area contributed by atoms with Crippen LogP contribution in [-0.4, -0.2) is 21.1 Å². The molecule has 0 aliphatic carbocycles. The zero-order valence-corrected chi connectivity index (χ0v) is 15.6. The molecule has 0 bridgehead atoms. The normalized spacial score (nSPS) is 11.1. The SMILES string of the molecule is CCCCn1c(SCC(=O)c2ccc(F)c(F)c2)nc2ccccc2c1=O. The summed E-state index contributed by atoms with van der Waals surface area (Å²) in [6.07, 6.45) is 1.72. The van der Waals surface area contributed by atoms with Crippen molar-refractivity contribution < 1.29 is 13.6 Å². The Balaban J connectivity index is 1.89. The molecule has 1 heterocycles. The van der Waals surface area contributed by atoms with Crippen LogP contribution in [0.15, 0.2) is 52.4 Å². The molecule has 3 aromatic rings. The fourth-order valence-electron chi connectivity index (χ4n) is 2.65. The van der Waals surface area contributed by atoms with Gasteiger partial charge in [0.05, 0.1) is 16.7 Å². The smallest absolute Gasteiger partial charge is 0.262 e. The summed E-state index contributed by atoms with van der Waals surface area (Å²) in [6.45, 7) is 2.54. The van der Waals surface area contributed by atoms with Crippen molar-refractivity contribution in [2.45, 2.75) is 31.5 Å². The highest BCUT2D eigenvalue weighted by Crippen LogP contribution is 2.20. The first kappa shape index (κ1) is 19.2. The molecule has 3 rings (SSSR count). The van der Waals surface area contributed by atoms with Gasteiger partial charge >= 0.3 is 0 Å². The van der Waals surface area contributed by atoms with Gasteiger partial charge in [0.1, 0.15) is 0 Å². The minimum absolute atomic E-state index is 0.0258. The third-order valence-corrected chi connectivity index (χ3v) is 5.11. The maximum Gasteiger partial charge on any atom is 0.262 e. The van der Waals surface area contributed by atoms with E-state index < -0.39 is 11.6 Å². The summed E-state index contributed by atoms with van der Waals surface area (Å²) in [7, 11) is 0. The Labute approximate surface area is 159 Å². The fourth-order valence-corrected chi connectivity index (χ4v) is 3.57. The van der Waals surface area contributed by atoms with Crippen molar-refractivity contribution in [3.63, 3.8) is 0 Å². The molecule has 0 atom stereocenters. The third-order valence-electron chi connectivity index (χ3n) is 4.14. The van der Waals surface area contributed by atoms with Crippen molar-refractivity contribution in [3.05, 3.63) is 70.0 Å². The van der Waals surface area contributed by atoms with E-state index in [1.54, 1.807) is 28.8 Å². The molecule has 0 N–H and O–H groups in total. The Hall–Kier alpha value is -2.54. The van der Waals surface area contributed by atoms with Crippen LogP contribution in [-0.2, 0) is 6.54 Å². The van der Waals surface area contributed by atoms with Gasteiger partial charge in [-0.3, -0.25) is 14.2 Å². The number of fused-ring (bicyclic) bond motifs is 1. The lowest BCUT2D eigenvalue weighted by Gasteiger charge is -2.12. The van der Waals surface area contributed by atoms with Crippen molar-refractivity contribution in [2.24, 2.45) is 0 Å². The number of carbonyl (C=O) groups excluding carboxylic acids is 1. The highest BCUT2D eigenvalue weighted by Gasteiger charge is 2.15. The number of hydrogen-bond acceptors (Lipinski definition) is 4. The Morgan fingerprint density at radius 2 is 1.93 bits per heavy atom. The molecule has 0 aliphatic rings. The fraction of sp³-hybridized carbons (Fsp3) is 0.250. The quantitative estimate of drug-likeness (QED) is 0.341. The lowest BCUT2D eigenvalue weighted by molar-refractivity contribution is 0.102. The zero-order valence-electron chi connectivity index (χ0n) is 14.7. The molecule has 0 fully saturated rings. The van der Waals surface area contributed by atoms with E-state index in [-0.39, 0.29) is 22.7 Å². The van der Waals surface area contributed by atoms with Gasteiger partial charge < -0.3 is 0 Å². The van der Waals surface area contributed by atoms with Crippen LogP contribution in [0.3, 0.4) is 0 Å². The van der Waals surface area contributed by atoms with Gasteiger partial charge in [-0.05, 0) is 36.8 Å². The molecule has 7 heteroatoms. The van der Waals surface area contributed by atoms with E-state index in [0.717, 1.165) is 36.7 Å². The molecule has 0 aliphatic heterocycles. The largest absolute Gasteiger partial charge is 0.293 e. The summed E-state index contributed by atoms with van der Waals surface area (Å²) >= 11 is 1.13. The van der Waals surface area contributed by atoms with Gasteiger partial charge in [-0.2, -0.15) is 0 Å². The van der Waals surface area contributed by atoms with Gasteiger partial charge in [-0.1, -0.05) is 37.2 Å². The molecule has 0 radical (unpaired) electrons. The Morgan fingerprint density at radius 3 is 2.67 bits per heavy atom. The number of hydrogen-bond donors (Lipinski definition) is 0. The van der Waals surface area contributed by atoms with Gasteiger partial charge in [0, 0.05) is 12.1 Å². The molecular formula is C20H18F2N2O2S. The first-order valence-electron chi connectivity index (χ1n) is 8.62. The van der Waals surface area contributed by atoms with E-state index in [2.05, 4.69) is 4.98 Å². The summed E-state index contributed by atoms with van der Waals surface area (Å²) < 4.78 is 28.0. The molecule has 0 amide bonds. The molecule has 140 valence electrons. The maximum absolute atomic E-state index is 13.3. The standard InChI is InChI=1S/C20H18F2N2O2S/c1-2-3-10-24-19(26)14-6-4-5-7-17(14)23-20(24)27-12-18(25)13-8-9-15(21)16(22)11-13/h4-9,11H,2-3,10,12H2,1H3. The van der Waals surface area contributed by atoms with Crippen molar-refractivity contribution >= 4 is 28.4 Å². The highest BCUT2D eigenvalue weighted by molar-refractivity contribution is 7.99. The van der Waals surface area contributed by atoms with Crippen molar-refractivity contribution in [1.29, 1.82) is 0 Å². The Morgan fingerprint density at radius 1 is 1.15 bits per heavy atom. The zero-order chi connectivity index (χ0) is 19.4. The molecule has 27 heavy (non-hydrogen) atoms. The van der Waals surface area contributed by atoms with E-state index in [0.29, 0.717) is 22.6 Å². The van der Waals surface area contributed by atoms with E-state index in [9.17, 15) is 18.4 Å². The number of nitrogens with zero attached hydrogens (tertiary/aromatic N) is 2. The second kappa shape index (κ2) is 8.43. The summed E-state index contributed by atoms with van der Waals surface area (Å²) in [4.78, 5) is 29.6. The monoisotopic (exact) mass is 388 g/mol.